The molecule has 0 saturated heterocycles. The molecule has 0 aliphatic heterocycles. The number of aryl methyl sites for hydroxylation is 1. The number of hydrogen-bond donors (Lipinski definition) is 1. The summed E-state index contributed by atoms with van der Waals surface area (Å²) in [5.74, 6) is 0. The zero-order chi connectivity index (χ0) is 13.7. The van der Waals surface area contributed by atoms with Crippen molar-refractivity contribution < 1.29 is 4.79 Å². The van der Waals surface area contributed by atoms with Crippen LogP contribution in [0.2, 0.25) is 0 Å². The van der Waals surface area contributed by atoms with E-state index < -0.39 is 0 Å². The predicted molar refractivity (Wildman–Crippen MR) is 74.8 cm³/mol. The Kier molecular flexibility index (Phi) is 4.82. The molecular formula is C14H24N4O. The summed E-state index contributed by atoms with van der Waals surface area (Å²) >= 11 is 0. The number of carbonyl (C=O) groups is 1. The summed E-state index contributed by atoms with van der Waals surface area (Å²) in [5, 5.41) is 7.50. The summed E-state index contributed by atoms with van der Waals surface area (Å²) in [6, 6.07) is 2.34. The van der Waals surface area contributed by atoms with Gasteiger partial charge in [-0.3, -0.25) is 4.68 Å². The third-order valence-electron chi connectivity index (χ3n) is 3.70. The van der Waals surface area contributed by atoms with Gasteiger partial charge in [0.15, 0.2) is 0 Å². The van der Waals surface area contributed by atoms with E-state index in [-0.39, 0.29) is 6.03 Å². The van der Waals surface area contributed by atoms with Crippen molar-refractivity contribution in [2.45, 2.75) is 58.2 Å². The molecule has 5 heteroatoms. The van der Waals surface area contributed by atoms with Crippen LogP contribution >= 0.6 is 0 Å². The first-order valence-corrected chi connectivity index (χ1v) is 7.23. The second kappa shape index (κ2) is 6.59. The zero-order valence-electron chi connectivity index (χ0n) is 11.9. The average molecular weight is 264 g/mol. The summed E-state index contributed by atoms with van der Waals surface area (Å²) in [6.45, 7) is 3.47. The Balaban J connectivity index is 1.81. The number of nitrogens with one attached hydrogen (secondary N) is 1. The average Bonchev–Trinajstić information content (AvgIpc) is 2.87. The van der Waals surface area contributed by atoms with Gasteiger partial charge in [0.2, 0.25) is 0 Å². The van der Waals surface area contributed by atoms with Gasteiger partial charge in [-0.25, -0.2) is 4.79 Å². The third kappa shape index (κ3) is 3.98. The maximum absolute atomic E-state index is 12.1. The fourth-order valence-electron chi connectivity index (χ4n) is 2.51. The van der Waals surface area contributed by atoms with E-state index in [1.165, 1.54) is 19.3 Å². The first kappa shape index (κ1) is 13.9. The van der Waals surface area contributed by atoms with Gasteiger partial charge >= 0.3 is 6.03 Å². The van der Waals surface area contributed by atoms with Gasteiger partial charge in [-0.15, -0.1) is 0 Å². The third-order valence-corrected chi connectivity index (χ3v) is 3.70. The molecule has 1 fully saturated rings. The summed E-state index contributed by atoms with van der Waals surface area (Å²) < 4.78 is 1.88. The van der Waals surface area contributed by atoms with E-state index in [9.17, 15) is 4.79 Å². The molecule has 1 aliphatic rings. The number of nitrogens with zero attached hydrogens (tertiary/aromatic N) is 3. The molecule has 0 radical (unpaired) electrons. The van der Waals surface area contributed by atoms with Crippen molar-refractivity contribution in [2.24, 2.45) is 0 Å². The van der Waals surface area contributed by atoms with Crippen molar-refractivity contribution in [1.29, 1.82) is 0 Å². The minimum Gasteiger partial charge on any atom is -0.335 e. The van der Waals surface area contributed by atoms with E-state index in [2.05, 4.69) is 17.3 Å². The Morgan fingerprint density at radius 2 is 2.21 bits per heavy atom. The quantitative estimate of drug-likeness (QED) is 0.907. The lowest BCUT2D eigenvalue weighted by molar-refractivity contribution is 0.198. The van der Waals surface area contributed by atoms with E-state index in [0.717, 1.165) is 25.1 Å². The molecule has 1 aliphatic carbocycles. The highest BCUT2D eigenvalue weighted by Gasteiger charge is 2.18. The number of aromatic nitrogens is 2. The van der Waals surface area contributed by atoms with Crippen LogP contribution < -0.4 is 5.32 Å². The van der Waals surface area contributed by atoms with Crippen molar-refractivity contribution in [1.82, 2.24) is 20.0 Å². The molecule has 0 spiro atoms. The van der Waals surface area contributed by atoms with Gasteiger partial charge in [-0.05, 0) is 25.8 Å². The van der Waals surface area contributed by atoms with Crippen LogP contribution in [0.1, 0.15) is 44.7 Å². The van der Waals surface area contributed by atoms with Crippen LogP contribution in [0.15, 0.2) is 12.3 Å². The lowest BCUT2D eigenvalue weighted by atomic mass is 9.96. The smallest absolute Gasteiger partial charge is 0.317 e. The second-order valence-electron chi connectivity index (χ2n) is 5.30. The van der Waals surface area contributed by atoms with E-state index in [4.69, 9.17) is 0 Å². The molecule has 2 rings (SSSR count). The molecule has 0 aromatic carbocycles. The molecule has 1 saturated carbocycles. The Hall–Kier alpha value is -1.52. The van der Waals surface area contributed by atoms with Crippen molar-refractivity contribution >= 4 is 6.03 Å². The normalized spacial score (nSPS) is 16.3. The fourth-order valence-corrected chi connectivity index (χ4v) is 2.51. The van der Waals surface area contributed by atoms with Crippen LogP contribution in [-0.2, 0) is 13.1 Å². The topological polar surface area (TPSA) is 50.2 Å². The molecule has 1 aromatic rings. The fraction of sp³-hybridized carbons (Fsp3) is 0.714. The number of urea groups is 1. The van der Waals surface area contributed by atoms with Crippen LogP contribution in [0.25, 0.3) is 0 Å². The summed E-state index contributed by atoms with van der Waals surface area (Å²) in [6.07, 6.45) is 7.94. The molecule has 1 N–H and O–H groups in total. The highest BCUT2D eigenvalue weighted by molar-refractivity contribution is 5.74. The van der Waals surface area contributed by atoms with E-state index in [1.54, 1.807) is 4.90 Å². The lowest BCUT2D eigenvalue weighted by Crippen LogP contribution is -2.43. The number of carbonyl (C=O) groups excluding carboxylic acids is 1. The largest absolute Gasteiger partial charge is 0.335 e. The minimum atomic E-state index is 0.0120. The molecule has 19 heavy (non-hydrogen) atoms. The van der Waals surface area contributed by atoms with Crippen LogP contribution in [-0.4, -0.2) is 33.8 Å². The maximum Gasteiger partial charge on any atom is 0.317 e. The molecular weight excluding hydrogens is 240 g/mol. The van der Waals surface area contributed by atoms with Crippen molar-refractivity contribution in [3.05, 3.63) is 18.0 Å². The van der Waals surface area contributed by atoms with E-state index >= 15 is 0 Å². The van der Waals surface area contributed by atoms with Crippen molar-refractivity contribution in [3.63, 3.8) is 0 Å². The molecule has 106 valence electrons. The van der Waals surface area contributed by atoms with Crippen LogP contribution in [0.5, 0.6) is 0 Å². The monoisotopic (exact) mass is 264 g/mol. The SMILES string of the molecule is CCn1ccc(CN(C)C(=O)NC2CCCCC2)n1. The molecule has 5 nitrogen and oxygen atoms in total. The zero-order valence-corrected chi connectivity index (χ0v) is 11.9. The Labute approximate surface area is 115 Å². The Morgan fingerprint density at radius 3 is 2.84 bits per heavy atom. The number of rotatable bonds is 4. The molecule has 2 amide bonds. The van der Waals surface area contributed by atoms with Gasteiger partial charge in [0.05, 0.1) is 12.2 Å². The van der Waals surface area contributed by atoms with Crippen LogP contribution in [0, 0.1) is 0 Å². The highest BCUT2D eigenvalue weighted by Crippen LogP contribution is 2.17. The summed E-state index contributed by atoms with van der Waals surface area (Å²) in [4.78, 5) is 13.8. The first-order chi connectivity index (χ1) is 9.19. The van der Waals surface area contributed by atoms with E-state index in [1.807, 2.05) is 24.0 Å². The van der Waals surface area contributed by atoms with Gasteiger partial charge in [-0.2, -0.15) is 5.10 Å². The van der Waals surface area contributed by atoms with Gasteiger partial charge in [0.25, 0.3) is 0 Å². The predicted octanol–water partition coefficient (Wildman–Crippen LogP) is 2.38. The van der Waals surface area contributed by atoms with Gasteiger partial charge in [0, 0.05) is 25.8 Å². The first-order valence-electron chi connectivity index (χ1n) is 7.23. The Morgan fingerprint density at radius 1 is 1.47 bits per heavy atom. The second-order valence-corrected chi connectivity index (χ2v) is 5.30. The van der Waals surface area contributed by atoms with Crippen molar-refractivity contribution in [3.8, 4) is 0 Å². The molecule has 0 atom stereocenters. The summed E-state index contributed by atoms with van der Waals surface area (Å²) in [7, 11) is 1.82. The van der Waals surface area contributed by atoms with Gasteiger partial charge in [-0.1, -0.05) is 19.3 Å². The highest BCUT2D eigenvalue weighted by atomic mass is 16.2. The molecule has 1 heterocycles. The molecule has 1 aromatic heterocycles. The molecule has 0 bridgehead atoms. The van der Waals surface area contributed by atoms with Gasteiger partial charge < -0.3 is 10.2 Å². The Bertz CT molecular complexity index is 409. The summed E-state index contributed by atoms with van der Waals surface area (Å²) in [5.41, 5.74) is 0.933. The maximum atomic E-state index is 12.1. The molecule has 0 unspecified atom stereocenters. The van der Waals surface area contributed by atoms with E-state index in [0.29, 0.717) is 12.6 Å². The number of hydrogen-bond acceptors (Lipinski definition) is 2. The van der Waals surface area contributed by atoms with Crippen LogP contribution in [0.4, 0.5) is 4.79 Å². The number of amides is 2. The van der Waals surface area contributed by atoms with Gasteiger partial charge in [0.1, 0.15) is 0 Å². The van der Waals surface area contributed by atoms with Crippen molar-refractivity contribution in [2.75, 3.05) is 7.05 Å². The van der Waals surface area contributed by atoms with Crippen LogP contribution in [0.3, 0.4) is 0 Å². The minimum absolute atomic E-state index is 0.0120. The lowest BCUT2D eigenvalue weighted by Gasteiger charge is -2.25. The standard InChI is InChI=1S/C14H24N4O/c1-3-18-10-9-13(16-18)11-17(2)14(19)15-12-7-5-4-6-8-12/h9-10,12H,3-8,11H2,1-2H3,(H,15,19).